The predicted molar refractivity (Wildman–Crippen MR) is 109 cm³/mol. The van der Waals surface area contributed by atoms with Gasteiger partial charge in [-0.3, -0.25) is 4.90 Å². The molecule has 2 aromatic rings. The van der Waals surface area contributed by atoms with E-state index in [2.05, 4.69) is 64.8 Å². The van der Waals surface area contributed by atoms with E-state index in [4.69, 9.17) is 0 Å². The van der Waals surface area contributed by atoms with Crippen LogP contribution in [0.2, 0.25) is 0 Å². The first kappa shape index (κ1) is 18.1. The highest BCUT2D eigenvalue weighted by Crippen LogP contribution is 2.29. The Bertz CT molecular complexity index is 753. The summed E-state index contributed by atoms with van der Waals surface area (Å²) in [5.74, 6) is 0. The van der Waals surface area contributed by atoms with E-state index in [1.807, 2.05) is 4.90 Å². The molecular formula is C23H29N3O. The highest BCUT2D eigenvalue weighted by molar-refractivity contribution is 5.75. The number of piperazine rings is 1. The molecule has 0 saturated carbocycles. The van der Waals surface area contributed by atoms with E-state index >= 15 is 0 Å². The second-order valence-corrected chi connectivity index (χ2v) is 7.66. The molecular weight excluding hydrogens is 334 g/mol. The molecule has 1 heterocycles. The molecule has 4 nitrogen and oxygen atoms in total. The van der Waals surface area contributed by atoms with Gasteiger partial charge in [0.15, 0.2) is 0 Å². The van der Waals surface area contributed by atoms with Crippen molar-refractivity contribution in [3.63, 3.8) is 0 Å². The molecule has 1 saturated heterocycles. The maximum Gasteiger partial charge on any atom is 0.317 e. The fourth-order valence-corrected chi connectivity index (χ4v) is 4.25. The van der Waals surface area contributed by atoms with Crippen LogP contribution in [0, 0.1) is 0 Å². The fraction of sp³-hybridized carbons (Fsp3) is 0.435. The molecule has 1 aliphatic carbocycles. The van der Waals surface area contributed by atoms with E-state index < -0.39 is 0 Å². The first-order valence-electron chi connectivity index (χ1n) is 10.2. The maximum atomic E-state index is 12.8. The standard InChI is InChI=1S/C23H29N3O/c27-23(24-22-12-6-10-20-9-4-5-11-21(20)22)26-17-15-25(16-18-26)14-13-19-7-2-1-3-8-19/h1-5,7-9,11,22H,6,10,12-18H2,(H,24,27). The van der Waals surface area contributed by atoms with Crippen LogP contribution in [0.3, 0.4) is 0 Å². The van der Waals surface area contributed by atoms with Gasteiger partial charge in [0.25, 0.3) is 0 Å². The average molecular weight is 364 g/mol. The lowest BCUT2D eigenvalue weighted by molar-refractivity contribution is 0.137. The Hall–Kier alpha value is -2.33. The van der Waals surface area contributed by atoms with E-state index in [-0.39, 0.29) is 12.1 Å². The van der Waals surface area contributed by atoms with Gasteiger partial charge < -0.3 is 10.2 Å². The SMILES string of the molecule is O=C(NC1CCCc2ccccc21)N1CCN(CCc2ccccc2)CC1. The minimum absolute atomic E-state index is 0.0967. The maximum absolute atomic E-state index is 12.8. The van der Waals surface area contributed by atoms with Crippen LogP contribution < -0.4 is 5.32 Å². The zero-order valence-electron chi connectivity index (χ0n) is 15.9. The Morgan fingerprint density at radius 2 is 1.70 bits per heavy atom. The molecule has 1 aliphatic heterocycles. The number of hydrogen-bond acceptors (Lipinski definition) is 2. The van der Waals surface area contributed by atoms with Crippen LogP contribution in [0.4, 0.5) is 4.79 Å². The highest BCUT2D eigenvalue weighted by atomic mass is 16.2. The Balaban J connectivity index is 1.26. The number of hydrogen-bond donors (Lipinski definition) is 1. The fourth-order valence-electron chi connectivity index (χ4n) is 4.25. The van der Waals surface area contributed by atoms with Crippen LogP contribution in [0.15, 0.2) is 54.6 Å². The lowest BCUT2D eigenvalue weighted by Gasteiger charge is -2.36. The monoisotopic (exact) mass is 363 g/mol. The minimum atomic E-state index is 0.0967. The summed E-state index contributed by atoms with van der Waals surface area (Å²) in [4.78, 5) is 17.2. The van der Waals surface area contributed by atoms with Gasteiger partial charge in [-0.05, 0) is 42.4 Å². The van der Waals surface area contributed by atoms with Crippen molar-refractivity contribution in [3.05, 3.63) is 71.3 Å². The van der Waals surface area contributed by atoms with Gasteiger partial charge in [-0.25, -0.2) is 4.79 Å². The molecule has 2 amide bonds. The van der Waals surface area contributed by atoms with E-state index in [1.54, 1.807) is 0 Å². The number of nitrogens with one attached hydrogen (secondary N) is 1. The smallest absolute Gasteiger partial charge is 0.317 e. The van der Waals surface area contributed by atoms with Gasteiger partial charge in [0.05, 0.1) is 6.04 Å². The zero-order valence-corrected chi connectivity index (χ0v) is 15.9. The van der Waals surface area contributed by atoms with Crippen molar-refractivity contribution in [3.8, 4) is 0 Å². The Kier molecular flexibility index (Phi) is 5.73. The van der Waals surface area contributed by atoms with E-state index in [1.165, 1.54) is 16.7 Å². The number of amides is 2. The topological polar surface area (TPSA) is 35.6 Å². The molecule has 1 N–H and O–H groups in total. The first-order valence-corrected chi connectivity index (χ1v) is 10.2. The van der Waals surface area contributed by atoms with Gasteiger partial charge in [0, 0.05) is 32.7 Å². The van der Waals surface area contributed by atoms with Crippen LogP contribution in [-0.2, 0) is 12.8 Å². The number of fused-ring (bicyclic) bond motifs is 1. The highest BCUT2D eigenvalue weighted by Gasteiger charge is 2.25. The summed E-state index contributed by atoms with van der Waals surface area (Å²) in [6.07, 6.45) is 4.39. The largest absolute Gasteiger partial charge is 0.331 e. The molecule has 1 unspecified atom stereocenters. The van der Waals surface area contributed by atoms with E-state index in [0.29, 0.717) is 0 Å². The molecule has 142 valence electrons. The van der Waals surface area contributed by atoms with Gasteiger partial charge in [-0.1, -0.05) is 54.6 Å². The van der Waals surface area contributed by atoms with Crippen LogP contribution in [0.25, 0.3) is 0 Å². The number of aryl methyl sites for hydroxylation is 1. The third-order valence-electron chi connectivity index (χ3n) is 5.89. The van der Waals surface area contributed by atoms with Gasteiger partial charge in [0.2, 0.25) is 0 Å². The zero-order chi connectivity index (χ0) is 18.5. The molecule has 0 bridgehead atoms. The van der Waals surface area contributed by atoms with Crippen molar-refractivity contribution in [1.82, 2.24) is 15.1 Å². The van der Waals surface area contributed by atoms with Gasteiger partial charge in [-0.15, -0.1) is 0 Å². The van der Waals surface area contributed by atoms with E-state index in [9.17, 15) is 4.79 Å². The van der Waals surface area contributed by atoms with Crippen molar-refractivity contribution in [2.24, 2.45) is 0 Å². The molecule has 27 heavy (non-hydrogen) atoms. The van der Waals surface area contributed by atoms with Crippen LogP contribution >= 0.6 is 0 Å². The molecule has 0 spiro atoms. The number of carbonyl (C=O) groups excluding carboxylic acids is 1. The third kappa shape index (κ3) is 4.51. The van der Waals surface area contributed by atoms with Crippen molar-refractivity contribution in [2.75, 3.05) is 32.7 Å². The number of urea groups is 1. The van der Waals surface area contributed by atoms with Crippen molar-refractivity contribution in [1.29, 1.82) is 0 Å². The summed E-state index contributed by atoms with van der Waals surface area (Å²) in [7, 11) is 0. The second kappa shape index (κ2) is 8.57. The molecule has 2 aromatic carbocycles. The average Bonchev–Trinajstić information content (AvgIpc) is 2.74. The summed E-state index contributed by atoms with van der Waals surface area (Å²) in [6, 6.07) is 19.4. The molecule has 1 atom stereocenters. The van der Waals surface area contributed by atoms with Gasteiger partial charge >= 0.3 is 6.03 Å². The summed E-state index contributed by atoms with van der Waals surface area (Å²) < 4.78 is 0. The lowest BCUT2D eigenvalue weighted by atomic mass is 9.88. The normalized spacial score (nSPS) is 20.1. The van der Waals surface area contributed by atoms with Gasteiger partial charge in [0.1, 0.15) is 0 Å². The molecule has 0 aromatic heterocycles. The summed E-state index contributed by atoms with van der Waals surface area (Å²) in [6.45, 7) is 4.61. The molecule has 4 rings (SSSR count). The molecule has 4 heteroatoms. The predicted octanol–water partition coefficient (Wildman–Crippen LogP) is 3.63. The van der Waals surface area contributed by atoms with Gasteiger partial charge in [-0.2, -0.15) is 0 Å². The Labute approximate surface area is 162 Å². The minimum Gasteiger partial charge on any atom is -0.331 e. The van der Waals surface area contributed by atoms with E-state index in [0.717, 1.165) is 58.4 Å². The number of nitrogens with zero attached hydrogens (tertiary/aromatic N) is 2. The molecule has 0 radical (unpaired) electrons. The third-order valence-corrected chi connectivity index (χ3v) is 5.89. The lowest BCUT2D eigenvalue weighted by Crippen LogP contribution is -2.52. The molecule has 1 fully saturated rings. The number of rotatable bonds is 4. The van der Waals surface area contributed by atoms with Crippen LogP contribution in [0.5, 0.6) is 0 Å². The number of carbonyl (C=O) groups is 1. The van der Waals surface area contributed by atoms with Crippen LogP contribution in [-0.4, -0.2) is 48.6 Å². The second-order valence-electron chi connectivity index (χ2n) is 7.66. The van der Waals surface area contributed by atoms with Crippen molar-refractivity contribution in [2.45, 2.75) is 31.7 Å². The van der Waals surface area contributed by atoms with Crippen LogP contribution in [0.1, 0.15) is 35.6 Å². The summed E-state index contributed by atoms with van der Waals surface area (Å²) in [5, 5.41) is 3.29. The quantitative estimate of drug-likeness (QED) is 0.900. The number of benzene rings is 2. The summed E-state index contributed by atoms with van der Waals surface area (Å²) in [5.41, 5.74) is 4.08. The van der Waals surface area contributed by atoms with Crippen molar-refractivity contribution >= 4 is 6.03 Å². The van der Waals surface area contributed by atoms with Crippen molar-refractivity contribution < 1.29 is 4.79 Å². The Morgan fingerprint density at radius 3 is 2.52 bits per heavy atom. The summed E-state index contributed by atoms with van der Waals surface area (Å²) >= 11 is 0. The molecule has 2 aliphatic rings. The first-order chi connectivity index (χ1) is 13.3. The Morgan fingerprint density at radius 1 is 0.963 bits per heavy atom.